The minimum Gasteiger partial charge on any atom is -0.382 e. The molecule has 0 fully saturated rings. The molecule has 0 aliphatic carbocycles. The fourth-order valence-corrected chi connectivity index (χ4v) is 3.92. The second kappa shape index (κ2) is 7.79. The van der Waals surface area contributed by atoms with Crippen molar-refractivity contribution in [3.8, 4) is 11.3 Å². The predicted molar refractivity (Wildman–Crippen MR) is 119 cm³/mol. The van der Waals surface area contributed by atoms with Gasteiger partial charge in [0.15, 0.2) is 5.82 Å². The summed E-state index contributed by atoms with van der Waals surface area (Å²) in [6, 6.07) is 4.52. The molecule has 7 nitrogen and oxygen atoms in total. The molecule has 3 aromatic heterocycles. The summed E-state index contributed by atoms with van der Waals surface area (Å²) in [6.07, 6.45) is -0.408. The number of imidazole rings is 1. The Morgan fingerprint density at radius 2 is 1.94 bits per heavy atom. The fraction of sp³-hybridized carbons (Fsp3) is 0.0870. The Balaban J connectivity index is 1.55. The van der Waals surface area contributed by atoms with E-state index in [0.717, 1.165) is 0 Å². The number of nitrogens with zero attached hydrogens (tertiary/aromatic N) is 3. The zero-order valence-corrected chi connectivity index (χ0v) is 17.8. The number of nitrogen functional groups attached to an aromatic ring is 1. The molecule has 0 unspecified atom stereocenters. The summed E-state index contributed by atoms with van der Waals surface area (Å²) in [4.78, 5) is 23.8. The van der Waals surface area contributed by atoms with Gasteiger partial charge < -0.3 is 16.0 Å². The van der Waals surface area contributed by atoms with Crippen LogP contribution in [0.3, 0.4) is 0 Å². The Labute approximate surface area is 193 Å². The number of carbonyl (C=O) groups is 1. The fourth-order valence-electron chi connectivity index (χ4n) is 3.92. The number of fused-ring (bicyclic) bond motifs is 2. The van der Waals surface area contributed by atoms with Gasteiger partial charge in [0.1, 0.15) is 28.7 Å². The zero-order chi connectivity index (χ0) is 25.1. The molecular formula is C23H15F5N6O. The molecule has 0 bridgehead atoms. The second-order valence-electron chi connectivity index (χ2n) is 7.74. The van der Waals surface area contributed by atoms with Gasteiger partial charge in [0.05, 0.1) is 22.3 Å². The molecular weight excluding hydrogens is 471 g/mol. The van der Waals surface area contributed by atoms with Crippen molar-refractivity contribution in [2.75, 3.05) is 11.1 Å². The van der Waals surface area contributed by atoms with Crippen molar-refractivity contribution in [1.82, 2.24) is 19.4 Å². The standard InChI is InChI=1S/C23H15F5N6O/c1-10-32-19(20-21(29)30-6-7-34(10)20)13-4-3-12-14(9-31-18(12)17(13)25)22(35)33-16-8-11(23(26,27)28)2-5-15(16)24/h2-9,31H,1H3,(H2,29,30)(H,33,35). The number of rotatable bonds is 3. The van der Waals surface area contributed by atoms with Crippen LogP contribution in [-0.4, -0.2) is 25.3 Å². The van der Waals surface area contributed by atoms with Crippen molar-refractivity contribution >= 4 is 33.8 Å². The second-order valence-corrected chi connectivity index (χ2v) is 7.74. The average Bonchev–Trinajstić information content (AvgIpc) is 3.38. The highest BCUT2D eigenvalue weighted by atomic mass is 19.4. The van der Waals surface area contributed by atoms with Gasteiger partial charge in [-0.3, -0.25) is 9.20 Å². The van der Waals surface area contributed by atoms with E-state index < -0.39 is 35.0 Å². The molecule has 5 rings (SSSR count). The molecule has 4 N–H and O–H groups in total. The van der Waals surface area contributed by atoms with E-state index >= 15 is 4.39 Å². The normalized spacial score (nSPS) is 11.9. The van der Waals surface area contributed by atoms with Gasteiger partial charge >= 0.3 is 6.18 Å². The lowest BCUT2D eigenvalue weighted by atomic mass is 10.1. The molecule has 12 heteroatoms. The number of amides is 1. The Bertz CT molecular complexity index is 1640. The van der Waals surface area contributed by atoms with E-state index in [1.165, 1.54) is 24.5 Å². The Hall–Kier alpha value is -4.48. The quantitative estimate of drug-likeness (QED) is 0.301. The Morgan fingerprint density at radius 1 is 1.17 bits per heavy atom. The number of anilines is 2. The summed E-state index contributed by atoms with van der Waals surface area (Å²) in [5.74, 6) is -1.99. The molecule has 178 valence electrons. The highest BCUT2D eigenvalue weighted by molar-refractivity contribution is 6.13. The van der Waals surface area contributed by atoms with E-state index in [4.69, 9.17) is 5.73 Å². The number of H-pyrrole nitrogens is 1. The maximum Gasteiger partial charge on any atom is 0.416 e. The first kappa shape index (κ1) is 22.3. The number of nitrogens with one attached hydrogen (secondary N) is 2. The zero-order valence-electron chi connectivity index (χ0n) is 17.8. The van der Waals surface area contributed by atoms with Crippen LogP contribution in [0.25, 0.3) is 27.7 Å². The minimum atomic E-state index is -4.72. The van der Waals surface area contributed by atoms with Crippen LogP contribution in [-0.2, 0) is 6.18 Å². The van der Waals surface area contributed by atoms with Crippen LogP contribution in [0.2, 0.25) is 0 Å². The van der Waals surface area contributed by atoms with E-state index in [0.29, 0.717) is 29.5 Å². The van der Waals surface area contributed by atoms with E-state index in [-0.39, 0.29) is 33.5 Å². The average molecular weight is 486 g/mol. The Kier molecular flexibility index (Phi) is 4.97. The first-order valence-electron chi connectivity index (χ1n) is 10.1. The first-order valence-corrected chi connectivity index (χ1v) is 10.1. The summed E-state index contributed by atoms with van der Waals surface area (Å²) in [6.45, 7) is 1.72. The van der Waals surface area contributed by atoms with Crippen LogP contribution in [0.1, 0.15) is 21.7 Å². The number of aromatic amines is 1. The van der Waals surface area contributed by atoms with Gasteiger partial charge in [-0.15, -0.1) is 0 Å². The SMILES string of the molecule is Cc1nc(-c2ccc3c(C(=O)Nc4cc(C(F)(F)F)ccc4F)c[nH]c3c2F)c2c(N)nccn12. The summed E-state index contributed by atoms with van der Waals surface area (Å²) >= 11 is 0. The molecule has 0 spiro atoms. The summed E-state index contributed by atoms with van der Waals surface area (Å²) in [5.41, 5.74) is 4.83. The number of hydrogen-bond donors (Lipinski definition) is 3. The van der Waals surface area contributed by atoms with Crippen LogP contribution < -0.4 is 11.1 Å². The third-order valence-electron chi connectivity index (χ3n) is 5.59. The van der Waals surface area contributed by atoms with Gasteiger partial charge in [-0.05, 0) is 31.2 Å². The number of aryl methyl sites for hydroxylation is 1. The molecule has 5 aromatic rings. The molecule has 0 saturated carbocycles. The number of hydrogen-bond acceptors (Lipinski definition) is 4. The molecule has 0 aliphatic rings. The smallest absolute Gasteiger partial charge is 0.382 e. The molecule has 1 amide bonds. The minimum absolute atomic E-state index is 0.0431. The monoisotopic (exact) mass is 486 g/mol. The van der Waals surface area contributed by atoms with Crippen molar-refractivity contribution < 1.29 is 26.7 Å². The van der Waals surface area contributed by atoms with Gasteiger partial charge in [-0.2, -0.15) is 13.2 Å². The topological polar surface area (TPSA) is 101 Å². The number of aromatic nitrogens is 4. The van der Waals surface area contributed by atoms with Gasteiger partial charge in [-0.25, -0.2) is 18.7 Å². The van der Waals surface area contributed by atoms with Crippen LogP contribution in [0.4, 0.5) is 33.5 Å². The number of benzene rings is 2. The summed E-state index contributed by atoms with van der Waals surface area (Å²) in [5, 5.41) is 2.26. The van der Waals surface area contributed by atoms with E-state index in [9.17, 15) is 22.4 Å². The molecule has 3 heterocycles. The number of carbonyl (C=O) groups excluding carboxylic acids is 1. The lowest BCUT2D eigenvalue weighted by Crippen LogP contribution is -2.14. The first-order chi connectivity index (χ1) is 16.6. The van der Waals surface area contributed by atoms with Crippen LogP contribution in [0.15, 0.2) is 48.9 Å². The predicted octanol–water partition coefficient (Wildman–Crippen LogP) is 5.32. The van der Waals surface area contributed by atoms with Gasteiger partial charge in [-0.1, -0.05) is 6.07 Å². The van der Waals surface area contributed by atoms with Crippen LogP contribution >= 0.6 is 0 Å². The van der Waals surface area contributed by atoms with Crippen LogP contribution in [0, 0.1) is 18.6 Å². The van der Waals surface area contributed by atoms with Gasteiger partial charge in [0.2, 0.25) is 0 Å². The third kappa shape index (κ3) is 3.63. The van der Waals surface area contributed by atoms with E-state index in [1.807, 2.05) is 0 Å². The van der Waals surface area contributed by atoms with Gasteiger partial charge in [0, 0.05) is 29.5 Å². The highest BCUT2D eigenvalue weighted by Crippen LogP contribution is 2.35. The van der Waals surface area contributed by atoms with Crippen molar-refractivity contribution in [2.45, 2.75) is 13.1 Å². The molecule has 0 aliphatic heterocycles. The van der Waals surface area contributed by atoms with E-state index in [2.05, 4.69) is 20.3 Å². The lowest BCUT2D eigenvalue weighted by molar-refractivity contribution is -0.137. The number of halogens is 5. The van der Waals surface area contributed by atoms with Crippen molar-refractivity contribution in [2.24, 2.45) is 0 Å². The number of alkyl halides is 3. The third-order valence-corrected chi connectivity index (χ3v) is 5.59. The molecule has 0 saturated heterocycles. The lowest BCUT2D eigenvalue weighted by Gasteiger charge is -2.11. The summed E-state index contributed by atoms with van der Waals surface area (Å²) in [7, 11) is 0. The largest absolute Gasteiger partial charge is 0.416 e. The number of nitrogens with two attached hydrogens (primary N) is 1. The molecule has 0 atom stereocenters. The highest BCUT2D eigenvalue weighted by Gasteiger charge is 2.31. The molecule has 35 heavy (non-hydrogen) atoms. The Morgan fingerprint density at radius 3 is 2.69 bits per heavy atom. The van der Waals surface area contributed by atoms with E-state index in [1.54, 1.807) is 17.5 Å². The molecule has 2 aromatic carbocycles. The van der Waals surface area contributed by atoms with Crippen molar-refractivity contribution in [1.29, 1.82) is 0 Å². The van der Waals surface area contributed by atoms with Crippen molar-refractivity contribution in [3.63, 3.8) is 0 Å². The van der Waals surface area contributed by atoms with Crippen LogP contribution in [0.5, 0.6) is 0 Å². The summed E-state index contributed by atoms with van der Waals surface area (Å²) < 4.78 is 70.1. The maximum absolute atomic E-state index is 15.5. The van der Waals surface area contributed by atoms with Gasteiger partial charge in [0.25, 0.3) is 5.91 Å². The van der Waals surface area contributed by atoms with Crippen molar-refractivity contribution in [3.05, 3.63) is 77.5 Å². The maximum atomic E-state index is 15.5. The molecule has 0 radical (unpaired) electrons.